The van der Waals surface area contributed by atoms with Crippen LogP contribution in [0, 0.1) is 22.7 Å². The Labute approximate surface area is 362 Å². The number of methoxy groups -OCH3 is 1. The van der Waals surface area contributed by atoms with Crippen molar-refractivity contribution in [3.63, 3.8) is 0 Å². The first kappa shape index (κ1) is 48.5. The van der Waals surface area contributed by atoms with Gasteiger partial charge in [-0.2, -0.15) is 0 Å². The van der Waals surface area contributed by atoms with Crippen molar-refractivity contribution in [1.29, 1.82) is 0 Å². The summed E-state index contributed by atoms with van der Waals surface area (Å²) in [6.07, 6.45) is -11.5. The van der Waals surface area contributed by atoms with E-state index >= 15 is 4.79 Å². The Morgan fingerprint density at radius 2 is 1.71 bits per heavy atom. The fourth-order valence-electron chi connectivity index (χ4n) is 9.85. The summed E-state index contributed by atoms with van der Waals surface area (Å²) < 4.78 is 41.1. The number of alkyl carbamates (subject to hydrolysis) is 1. The van der Waals surface area contributed by atoms with Crippen LogP contribution in [0.4, 0.5) is 4.79 Å². The maximum absolute atomic E-state index is 15.6. The van der Waals surface area contributed by atoms with Crippen molar-refractivity contribution < 1.29 is 77.2 Å². The van der Waals surface area contributed by atoms with Crippen molar-refractivity contribution in [2.75, 3.05) is 13.7 Å². The summed E-state index contributed by atoms with van der Waals surface area (Å²) in [5.41, 5.74) is -8.69. The molecule has 17 nitrogen and oxygen atoms in total. The van der Waals surface area contributed by atoms with Crippen LogP contribution in [0.15, 0.2) is 35.4 Å². The van der Waals surface area contributed by atoms with Crippen molar-refractivity contribution >= 4 is 35.8 Å². The predicted molar refractivity (Wildman–Crippen MR) is 218 cm³/mol. The number of esters is 4. The van der Waals surface area contributed by atoms with Crippen molar-refractivity contribution in [3.05, 3.63) is 41.0 Å². The number of amides is 1. The summed E-state index contributed by atoms with van der Waals surface area (Å²) in [5, 5.41) is 39.9. The number of benzene rings is 1. The molecular weight excluding hydrogens is 810 g/mol. The summed E-state index contributed by atoms with van der Waals surface area (Å²) in [4.78, 5) is 83.4. The predicted octanol–water partition coefficient (Wildman–Crippen LogP) is 3.90. The molecule has 2 saturated carbocycles. The number of aliphatic hydroxyl groups is 3. The highest BCUT2D eigenvalue weighted by Crippen LogP contribution is 2.64. The first-order chi connectivity index (χ1) is 28.7. The number of carbonyl (C=O) groups excluding carboxylic acids is 6. The largest absolute Gasteiger partial charge is 0.497 e. The zero-order valence-electron chi connectivity index (χ0n) is 37.7. The molecule has 1 aromatic rings. The fraction of sp³-hybridized carbons (Fsp3) is 0.689. The van der Waals surface area contributed by atoms with Gasteiger partial charge in [-0.25, -0.2) is 14.4 Å². The zero-order valence-corrected chi connectivity index (χ0v) is 37.7. The Morgan fingerprint density at radius 3 is 2.26 bits per heavy atom. The third kappa shape index (κ3) is 8.69. The average Bonchev–Trinajstić information content (AvgIpc) is 3.17. The third-order valence-electron chi connectivity index (χ3n) is 13.0. The fourth-order valence-corrected chi connectivity index (χ4v) is 9.85. The molecule has 5 rings (SSSR count). The van der Waals surface area contributed by atoms with Crippen molar-refractivity contribution in [2.24, 2.45) is 22.7 Å². The van der Waals surface area contributed by atoms with Gasteiger partial charge in [-0.3, -0.25) is 14.4 Å². The standard InChI is InChI=1S/C45H63NO16/c1-13-31(49)59-34-32-23(4)28(58-39(53)33(50)27(17-22(2)3)46-40(54)62-41(6,7)8)20-45(55,42(32,9)10)37(60-38(52)25-15-14-16-26(18-25)56-12)35-43(11,36(34)51)29(48)19-30-44(35,21-57-30)61-24(5)47/h14-16,18,22,27-30,33-35,37,48,50,55H,13,17,19-21H2,1-12H3,(H,46,54)/t27?,28-,29-,30+,33+,34+,35?,37-,43+,44-,45+/m0/s1. The van der Waals surface area contributed by atoms with E-state index in [1.807, 2.05) is 13.8 Å². The molecule has 4 N–H and O–H groups in total. The van der Waals surface area contributed by atoms with E-state index in [4.69, 9.17) is 33.2 Å². The Morgan fingerprint density at radius 1 is 1.05 bits per heavy atom. The highest BCUT2D eigenvalue weighted by Gasteiger charge is 2.78. The van der Waals surface area contributed by atoms with Crippen LogP contribution in [0.1, 0.15) is 112 Å². The number of ether oxygens (including phenoxy) is 7. The molecule has 1 amide bonds. The molecule has 4 aliphatic rings. The van der Waals surface area contributed by atoms with Gasteiger partial charge in [0.05, 0.1) is 42.8 Å². The molecule has 3 fully saturated rings. The highest BCUT2D eigenvalue weighted by molar-refractivity contribution is 5.96. The van der Waals surface area contributed by atoms with Crippen LogP contribution >= 0.6 is 0 Å². The minimum absolute atomic E-state index is 0.00114. The van der Waals surface area contributed by atoms with E-state index in [0.717, 1.165) is 6.92 Å². The van der Waals surface area contributed by atoms with Gasteiger partial charge in [0.1, 0.15) is 35.3 Å². The van der Waals surface area contributed by atoms with Gasteiger partial charge >= 0.3 is 30.0 Å². The van der Waals surface area contributed by atoms with Gasteiger partial charge in [-0.05, 0) is 76.3 Å². The average molecular weight is 874 g/mol. The molecule has 344 valence electrons. The van der Waals surface area contributed by atoms with Crippen molar-refractivity contribution in [1.82, 2.24) is 5.32 Å². The Balaban J connectivity index is 1.75. The van der Waals surface area contributed by atoms with E-state index in [-0.39, 0.29) is 48.5 Å². The minimum atomic E-state index is -2.41. The molecule has 62 heavy (non-hydrogen) atoms. The van der Waals surface area contributed by atoms with Gasteiger partial charge in [-0.1, -0.05) is 40.7 Å². The molecule has 1 heterocycles. The van der Waals surface area contributed by atoms with E-state index in [1.165, 1.54) is 40.0 Å². The molecule has 2 bridgehead atoms. The molecule has 1 saturated heterocycles. The van der Waals surface area contributed by atoms with E-state index < -0.39 is 118 Å². The van der Waals surface area contributed by atoms with Crippen LogP contribution in [0.2, 0.25) is 0 Å². The van der Waals surface area contributed by atoms with Gasteiger partial charge in [0.15, 0.2) is 23.6 Å². The number of ketones is 1. The number of nitrogens with one attached hydrogen (secondary N) is 1. The van der Waals surface area contributed by atoms with Gasteiger partial charge in [-0.15, -0.1) is 0 Å². The Kier molecular flexibility index (Phi) is 13.7. The van der Waals surface area contributed by atoms with Crippen molar-refractivity contribution in [2.45, 2.75) is 161 Å². The van der Waals surface area contributed by atoms with Gasteiger partial charge < -0.3 is 53.8 Å². The highest BCUT2D eigenvalue weighted by atomic mass is 16.6. The van der Waals surface area contributed by atoms with Crippen LogP contribution in [-0.4, -0.2) is 124 Å². The van der Waals surface area contributed by atoms with E-state index in [9.17, 15) is 39.3 Å². The summed E-state index contributed by atoms with van der Waals surface area (Å²) >= 11 is 0. The van der Waals surface area contributed by atoms with E-state index in [1.54, 1.807) is 46.8 Å². The maximum atomic E-state index is 15.6. The normalized spacial score (nSPS) is 32.3. The molecule has 0 aromatic heterocycles. The summed E-state index contributed by atoms with van der Waals surface area (Å²) in [7, 11) is 1.40. The lowest BCUT2D eigenvalue weighted by Gasteiger charge is -2.67. The molecule has 0 spiro atoms. The van der Waals surface area contributed by atoms with Crippen LogP contribution in [0.3, 0.4) is 0 Å². The van der Waals surface area contributed by atoms with Gasteiger partial charge in [0, 0.05) is 31.6 Å². The smallest absolute Gasteiger partial charge is 0.407 e. The maximum Gasteiger partial charge on any atom is 0.407 e. The van der Waals surface area contributed by atoms with Crippen LogP contribution in [0.5, 0.6) is 5.75 Å². The molecule has 0 radical (unpaired) electrons. The number of aliphatic hydroxyl groups excluding tert-OH is 2. The van der Waals surface area contributed by atoms with Crippen LogP contribution < -0.4 is 10.1 Å². The van der Waals surface area contributed by atoms with Crippen molar-refractivity contribution in [3.8, 4) is 5.75 Å². The van der Waals surface area contributed by atoms with Crippen LogP contribution in [0.25, 0.3) is 0 Å². The second-order valence-corrected chi connectivity index (χ2v) is 19.1. The molecule has 1 aliphatic heterocycles. The number of carbonyl (C=O) groups is 6. The SMILES string of the molecule is CCC(=O)O[C@H]1C(=O)[C@@]2(C)C([C@H](OC(=O)c3cccc(OC)c3)[C@]3(O)C[C@H](OC(=O)[C@H](O)C(CC(C)C)NC(=O)OC(C)(C)C)C(C)=C1C3(C)C)[C@]1(OC(C)=O)CO[C@@H]1C[C@@H]2O. The summed E-state index contributed by atoms with van der Waals surface area (Å²) in [6.45, 7) is 17.0. The van der Waals surface area contributed by atoms with E-state index in [0.29, 0.717) is 5.75 Å². The lowest BCUT2D eigenvalue weighted by Crippen LogP contribution is -2.82. The number of Topliss-reactive ketones (excluding diaryl/α,β-unsaturated/α-hetero) is 1. The van der Waals surface area contributed by atoms with E-state index in [2.05, 4.69) is 5.32 Å². The zero-order chi connectivity index (χ0) is 46.5. The Hall–Kier alpha value is -4.58. The summed E-state index contributed by atoms with van der Waals surface area (Å²) in [6, 6.07) is 4.80. The lowest BCUT2D eigenvalue weighted by atomic mass is 9.44. The topological polar surface area (TPSA) is 240 Å². The quantitative estimate of drug-likeness (QED) is 0.132. The minimum Gasteiger partial charge on any atom is -0.497 e. The third-order valence-corrected chi connectivity index (χ3v) is 13.0. The molecule has 3 aliphatic carbocycles. The number of fused-ring (bicyclic) bond motifs is 5. The molecule has 11 atom stereocenters. The molecule has 2 unspecified atom stereocenters. The van der Waals surface area contributed by atoms with Gasteiger partial charge in [0.2, 0.25) is 0 Å². The van der Waals surface area contributed by atoms with Crippen LogP contribution in [-0.2, 0) is 47.6 Å². The first-order valence-corrected chi connectivity index (χ1v) is 21.1. The summed E-state index contributed by atoms with van der Waals surface area (Å²) in [5.74, 6) is -6.07. The number of hydrogen-bond acceptors (Lipinski definition) is 16. The number of hydrogen-bond donors (Lipinski definition) is 4. The first-order valence-electron chi connectivity index (χ1n) is 21.1. The lowest BCUT2D eigenvalue weighted by molar-refractivity contribution is -0.346. The number of rotatable bonds is 12. The van der Waals surface area contributed by atoms with Gasteiger partial charge in [0.25, 0.3) is 0 Å². The Bertz CT molecular complexity index is 1970. The second kappa shape index (κ2) is 17.5. The molecule has 1 aromatic carbocycles. The monoisotopic (exact) mass is 873 g/mol. The molecular formula is C45H63NO16. The second-order valence-electron chi connectivity index (χ2n) is 19.1. The molecule has 17 heteroatoms.